The molecule has 1 aliphatic heterocycles. The highest BCUT2D eigenvalue weighted by Crippen LogP contribution is 2.29. The number of nitrogens with zero attached hydrogens (tertiary/aromatic N) is 3. The Balaban J connectivity index is 1.93. The number of aromatic nitrogens is 2. The summed E-state index contributed by atoms with van der Waals surface area (Å²) in [4.78, 5) is 11.7. The molecule has 4 heteroatoms. The topological polar surface area (TPSA) is 41.1 Å². The number of fused-ring (bicyclic) bond motifs is 1. The first-order valence-electron chi connectivity index (χ1n) is 8.16. The maximum Gasteiger partial charge on any atom is 0.135 e. The quantitative estimate of drug-likeness (QED) is 0.918. The molecule has 0 radical (unpaired) electrons. The monoisotopic (exact) mass is 274 g/mol. The summed E-state index contributed by atoms with van der Waals surface area (Å²) < 4.78 is 0. The lowest BCUT2D eigenvalue weighted by Crippen LogP contribution is -2.56. The Kier molecular flexibility index (Phi) is 4.20. The third-order valence-corrected chi connectivity index (χ3v) is 4.84. The van der Waals surface area contributed by atoms with E-state index in [4.69, 9.17) is 0 Å². The number of hydrogen-bond donors (Lipinski definition) is 1. The summed E-state index contributed by atoms with van der Waals surface area (Å²) >= 11 is 0. The lowest BCUT2D eigenvalue weighted by atomic mass is 9.95. The fraction of sp³-hybridized carbons (Fsp3) is 0.750. The zero-order valence-electron chi connectivity index (χ0n) is 12.7. The molecule has 2 aliphatic rings. The van der Waals surface area contributed by atoms with Gasteiger partial charge in [-0.05, 0) is 38.5 Å². The number of rotatable bonds is 3. The van der Waals surface area contributed by atoms with Gasteiger partial charge in [0, 0.05) is 36.4 Å². The van der Waals surface area contributed by atoms with E-state index in [1.165, 1.54) is 42.8 Å². The molecule has 1 aliphatic carbocycles. The summed E-state index contributed by atoms with van der Waals surface area (Å²) in [7, 11) is 0. The molecule has 1 N–H and O–H groups in total. The Bertz CT molecular complexity index is 460. The number of anilines is 1. The van der Waals surface area contributed by atoms with Gasteiger partial charge in [-0.2, -0.15) is 0 Å². The number of hydrogen-bond acceptors (Lipinski definition) is 4. The summed E-state index contributed by atoms with van der Waals surface area (Å²) in [6, 6.07) is 1.16. The van der Waals surface area contributed by atoms with E-state index < -0.39 is 0 Å². The molecule has 2 unspecified atom stereocenters. The van der Waals surface area contributed by atoms with Crippen LogP contribution in [0.1, 0.15) is 50.8 Å². The summed E-state index contributed by atoms with van der Waals surface area (Å²) in [5.74, 6) is 1.22. The Morgan fingerprint density at radius 3 is 2.85 bits per heavy atom. The molecular formula is C16H26N4. The number of aryl methyl sites for hydroxylation is 1. The summed E-state index contributed by atoms with van der Waals surface area (Å²) in [5.41, 5.74) is 2.72. The fourth-order valence-electron chi connectivity index (χ4n) is 3.51. The zero-order valence-corrected chi connectivity index (χ0v) is 12.7. The van der Waals surface area contributed by atoms with Crippen molar-refractivity contribution >= 4 is 5.82 Å². The normalized spacial score (nSPS) is 26.4. The third-order valence-electron chi connectivity index (χ3n) is 4.84. The van der Waals surface area contributed by atoms with E-state index in [-0.39, 0.29) is 0 Å². The van der Waals surface area contributed by atoms with Gasteiger partial charge in [0.15, 0.2) is 0 Å². The fourth-order valence-corrected chi connectivity index (χ4v) is 3.51. The van der Waals surface area contributed by atoms with E-state index in [9.17, 15) is 0 Å². The molecule has 2 atom stereocenters. The highest BCUT2D eigenvalue weighted by Gasteiger charge is 2.29. The van der Waals surface area contributed by atoms with Crippen LogP contribution in [0.15, 0.2) is 6.33 Å². The van der Waals surface area contributed by atoms with Crippen molar-refractivity contribution in [2.24, 2.45) is 0 Å². The second-order valence-corrected chi connectivity index (χ2v) is 6.06. The Hall–Kier alpha value is -1.16. The predicted octanol–water partition coefficient (Wildman–Crippen LogP) is 2.32. The van der Waals surface area contributed by atoms with Gasteiger partial charge in [-0.3, -0.25) is 0 Å². The lowest BCUT2D eigenvalue weighted by Gasteiger charge is -2.42. The Morgan fingerprint density at radius 1 is 1.20 bits per heavy atom. The predicted molar refractivity (Wildman–Crippen MR) is 82.2 cm³/mol. The largest absolute Gasteiger partial charge is 0.350 e. The smallest absolute Gasteiger partial charge is 0.135 e. The maximum atomic E-state index is 4.67. The molecule has 3 rings (SSSR count). The van der Waals surface area contributed by atoms with Crippen molar-refractivity contribution in [1.29, 1.82) is 0 Å². The molecule has 0 spiro atoms. The first kappa shape index (κ1) is 13.8. The van der Waals surface area contributed by atoms with Gasteiger partial charge in [0.25, 0.3) is 0 Å². The molecule has 1 fully saturated rings. The minimum Gasteiger partial charge on any atom is -0.350 e. The van der Waals surface area contributed by atoms with Gasteiger partial charge in [-0.25, -0.2) is 9.97 Å². The van der Waals surface area contributed by atoms with Crippen molar-refractivity contribution < 1.29 is 0 Å². The molecule has 0 aromatic carbocycles. The second kappa shape index (κ2) is 6.08. The van der Waals surface area contributed by atoms with E-state index in [1.54, 1.807) is 6.33 Å². The van der Waals surface area contributed by atoms with Crippen molar-refractivity contribution in [3.63, 3.8) is 0 Å². The Labute approximate surface area is 122 Å². The van der Waals surface area contributed by atoms with Crippen LogP contribution in [0.4, 0.5) is 5.82 Å². The molecule has 1 aromatic heterocycles. The van der Waals surface area contributed by atoms with Crippen LogP contribution >= 0.6 is 0 Å². The zero-order chi connectivity index (χ0) is 13.9. The van der Waals surface area contributed by atoms with E-state index in [0.717, 1.165) is 25.9 Å². The number of piperazine rings is 1. The van der Waals surface area contributed by atoms with Crippen LogP contribution in [0, 0.1) is 0 Å². The molecule has 1 aromatic rings. The number of nitrogens with one attached hydrogen (secondary N) is 1. The average molecular weight is 274 g/mol. The van der Waals surface area contributed by atoms with Crippen LogP contribution in [0.25, 0.3) is 0 Å². The summed E-state index contributed by atoms with van der Waals surface area (Å²) in [6.45, 7) is 6.70. The van der Waals surface area contributed by atoms with E-state index in [0.29, 0.717) is 12.1 Å². The highest BCUT2D eigenvalue weighted by molar-refractivity contribution is 5.51. The average Bonchev–Trinajstić information content (AvgIpc) is 2.53. The van der Waals surface area contributed by atoms with Crippen LogP contribution in [0.5, 0.6) is 0 Å². The molecule has 0 amide bonds. The van der Waals surface area contributed by atoms with Crippen molar-refractivity contribution in [2.45, 2.75) is 64.5 Å². The van der Waals surface area contributed by atoms with Gasteiger partial charge in [-0.1, -0.05) is 13.8 Å². The molecule has 0 saturated carbocycles. The lowest BCUT2D eigenvalue weighted by molar-refractivity contribution is 0.375. The first-order chi connectivity index (χ1) is 9.83. The van der Waals surface area contributed by atoms with Crippen molar-refractivity contribution in [2.75, 3.05) is 18.0 Å². The third kappa shape index (κ3) is 2.53. The second-order valence-electron chi connectivity index (χ2n) is 6.06. The summed E-state index contributed by atoms with van der Waals surface area (Å²) in [6.07, 6.45) is 8.97. The molecule has 1 saturated heterocycles. The van der Waals surface area contributed by atoms with Gasteiger partial charge in [0.05, 0.1) is 0 Å². The van der Waals surface area contributed by atoms with Gasteiger partial charge >= 0.3 is 0 Å². The molecule has 4 nitrogen and oxygen atoms in total. The first-order valence-corrected chi connectivity index (χ1v) is 8.16. The highest BCUT2D eigenvalue weighted by atomic mass is 15.3. The van der Waals surface area contributed by atoms with E-state index >= 15 is 0 Å². The SMILES string of the molecule is CCC1CN(c2ncnc3c2CCCC3)C(CC)CN1. The molecule has 110 valence electrons. The Morgan fingerprint density at radius 2 is 2.05 bits per heavy atom. The minimum atomic E-state index is 0.568. The molecule has 2 heterocycles. The molecule has 20 heavy (non-hydrogen) atoms. The van der Waals surface area contributed by atoms with E-state index in [1.807, 2.05) is 0 Å². The maximum absolute atomic E-state index is 4.67. The van der Waals surface area contributed by atoms with Crippen molar-refractivity contribution in [1.82, 2.24) is 15.3 Å². The standard InChI is InChI=1S/C16H26N4/c1-3-12-10-20(13(4-2)9-17-12)16-14-7-5-6-8-15(14)18-11-19-16/h11-13,17H,3-10H2,1-2H3. The van der Waals surface area contributed by atoms with Gasteiger partial charge in [0.1, 0.15) is 12.1 Å². The van der Waals surface area contributed by atoms with Crippen molar-refractivity contribution in [3.05, 3.63) is 17.6 Å². The van der Waals surface area contributed by atoms with Crippen LogP contribution in [-0.2, 0) is 12.8 Å². The molecular weight excluding hydrogens is 248 g/mol. The van der Waals surface area contributed by atoms with Gasteiger partial charge in [0.2, 0.25) is 0 Å². The van der Waals surface area contributed by atoms with Crippen LogP contribution in [-0.4, -0.2) is 35.1 Å². The van der Waals surface area contributed by atoms with Crippen molar-refractivity contribution in [3.8, 4) is 0 Å². The van der Waals surface area contributed by atoms with Crippen LogP contribution < -0.4 is 10.2 Å². The van der Waals surface area contributed by atoms with Crippen LogP contribution in [0.2, 0.25) is 0 Å². The molecule has 0 bridgehead atoms. The van der Waals surface area contributed by atoms with Crippen LogP contribution in [0.3, 0.4) is 0 Å². The summed E-state index contributed by atoms with van der Waals surface area (Å²) in [5, 5.41) is 3.66. The van der Waals surface area contributed by atoms with Gasteiger partial charge < -0.3 is 10.2 Å². The minimum absolute atomic E-state index is 0.568. The van der Waals surface area contributed by atoms with Gasteiger partial charge in [-0.15, -0.1) is 0 Å². The van der Waals surface area contributed by atoms with E-state index in [2.05, 4.69) is 34.0 Å².